The molecule has 6 rings (SSSR count). The molecular formula is C29H20N6. The first kappa shape index (κ1) is 20.6. The highest BCUT2D eigenvalue weighted by molar-refractivity contribution is 6.14. The molecular weight excluding hydrogens is 432 g/mol. The molecule has 0 saturated carbocycles. The molecule has 0 saturated heterocycles. The molecule has 0 aromatic carbocycles. The molecule has 0 N–H and O–H groups in total. The first-order valence-electron chi connectivity index (χ1n) is 11.2. The number of rotatable bonds is 5. The van der Waals surface area contributed by atoms with Gasteiger partial charge in [-0.05, 0) is 36.4 Å². The Balaban J connectivity index is 1.37. The molecule has 4 aliphatic rings. The van der Waals surface area contributed by atoms with Crippen molar-refractivity contribution in [3.05, 3.63) is 132 Å². The van der Waals surface area contributed by atoms with Gasteiger partial charge in [0.1, 0.15) is 0 Å². The quantitative estimate of drug-likeness (QED) is 0.452. The van der Waals surface area contributed by atoms with Gasteiger partial charge in [-0.2, -0.15) is 0 Å². The predicted octanol–water partition coefficient (Wildman–Crippen LogP) is 5.37. The van der Waals surface area contributed by atoms with Crippen LogP contribution in [0.5, 0.6) is 0 Å². The highest BCUT2D eigenvalue weighted by Crippen LogP contribution is 2.37. The highest BCUT2D eigenvalue weighted by atomic mass is 15.2. The normalized spacial score (nSPS) is 17.2. The lowest BCUT2D eigenvalue weighted by Gasteiger charge is -2.30. The average molecular weight is 453 g/mol. The lowest BCUT2D eigenvalue weighted by atomic mass is 10.0. The highest BCUT2D eigenvalue weighted by Gasteiger charge is 2.24. The van der Waals surface area contributed by atoms with Crippen molar-refractivity contribution in [2.45, 2.75) is 0 Å². The van der Waals surface area contributed by atoms with Crippen molar-refractivity contribution in [1.82, 2.24) is 9.97 Å². The zero-order valence-corrected chi connectivity index (χ0v) is 18.8. The smallest absolute Gasteiger partial charge is 0.0912 e. The number of hydrogen-bond donors (Lipinski definition) is 0. The Morgan fingerprint density at radius 3 is 2.29 bits per heavy atom. The Hall–Kier alpha value is -5.02. The minimum atomic E-state index is 0.640. The molecule has 4 bridgehead atoms. The molecule has 0 radical (unpaired) electrons. The van der Waals surface area contributed by atoms with E-state index >= 15 is 0 Å². The van der Waals surface area contributed by atoms with Gasteiger partial charge in [0.15, 0.2) is 0 Å². The molecule has 0 fully saturated rings. The van der Waals surface area contributed by atoms with Crippen molar-refractivity contribution in [1.29, 1.82) is 0 Å². The van der Waals surface area contributed by atoms with Crippen LogP contribution in [0, 0.1) is 0 Å². The minimum absolute atomic E-state index is 0.640. The molecule has 0 aliphatic carbocycles. The fraction of sp³-hybridized carbons (Fsp3) is 0.0345. The monoisotopic (exact) mass is 452 g/mol. The number of nitrogens with zero attached hydrogens (tertiary/aromatic N) is 6. The fourth-order valence-electron chi connectivity index (χ4n) is 4.41. The summed E-state index contributed by atoms with van der Waals surface area (Å²) in [4.78, 5) is 21.7. The van der Waals surface area contributed by atoms with E-state index in [2.05, 4.69) is 59.9 Å². The van der Waals surface area contributed by atoms with Crippen molar-refractivity contribution < 1.29 is 0 Å². The largest absolute Gasteiger partial charge is 0.330 e. The summed E-state index contributed by atoms with van der Waals surface area (Å²) < 4.78 is 0. The van der Waals surface area contributed by atoms with E-state index in [1.54, 1.807) is 24.7 Å². The van der Waals surface area contributed by atoms with Crippen LogP contribution in [0.15, 0.2) is 131 Å². The Morgan fingerprint density at radius 2 is 1.54 bits per heavy atom. The first-order valence-corrected chi connectivity index (χ1v) is 11.2. The molecule has 2 aromatic rings. The molecule has 2 aromatic heterocycles. The second-order valence-corrected chi connectivity index (χ2v) is 8.00. The fourth-order valence-corrected chi connectivity index (χ4v) is 4.41. The predicted molar refractivity (Wildman–Crippen MR) is 142 cm³/mol. The van der Waals surface area contributed by atoms with Crippen LogP contribution in [0.4, 0.5) is 11.4 Å². The van der Waals surface area contributed by atoms with E-state index in [0.717, 1.165) is 50.7 Å². The first-order chi connectivity index (χ1) is 17.3. The van der Waals surface area contributed by atoms with Crippen LogP contribution in [0.3, 0.4) is 0 Å². The van der Waals surface area contributed by atoms with E-state index < -0.39 is 0 Å². The van der Waals surface area contributed by atoms with Crippen LogP contribution in [0.25, 0.3) is 11.1 Å². The summed E-state index contributed by atoms with van der Waals surface area (Å²) >= 11 is 0. The van der Waals surface area contributed by atoms with Gasteiger partial charge in [0.05, 0.1) is 22.8 Å². The van der Waals surface area contributed by atoms with Crippen LogP contribution in [0.2, 0.25) is 0 Å². The van der Waals surface area contributed by atoms with E-state index in [1.807, 2.05) is 61.4 Å². The number of anilines is 2. The molecule has 0 unspecified atom stereocenters. The van der Waals surface area contributed by atoms with E-state index in [1.165, 1.54) is 0 Å². The van der Waals surface area contributed by atoms with Crippen molar-refractivity contribution in [3.8, 4) is 0 Å². The van der Waals surface area contributed by atoms with Gasteiger partial charge in [-0.15, -0.1) is 0 Å². The number of pyridine rings is 2. The lowest BCUT2D eigenvalue weighted by Crippen LogP contribution is -2.25. The van der Waals surface area contributed by atoms with Crippen LogP contribution in [-0.2, 0) is 0 Å². The zero-order valence-electron chi connectivity index (χ0n) is 18.8. The molecule has 6 nitrogen and oxygen atoms in total. The van der Waals surface area contributed by atoms with Gasteiger partial charge >= 0.3 is 0 Å². The van der Waals surface area contributed by atoms with Gasteiger partial charge in [0.2, 0.25) is 0 Å². The number of fused-ring (bicyclic) bond motifs is 4. The molecule has 35 heavy (non-hydrogen) atoms. The molecule has 0 amide bonds. The van der Waals surface area contributed by atoms with Crippen LogP contribution >= 0.6 is 0 Å². The zero-order chi connectivity index (χ0) is 23.6. The van der Waals surface area contributed by atoms with Gasteiger partial charge in [-0.25, -0.2) is 0 Å². The molecule has 6 heteroatoms. The van der Waals surface area contributed by atoms with Crippen molar-refractivity contribution in [3.63, 3.8) is 0 Å². The standard InChI is InChI=1S/C29H20N6/c1-2-4-23(35-25-7-11-31-18-22(16-25)27-20-33-13-9-29(27)35)5-3-14-34-24-6-10-30-17-21(15-24)26-19-32-12-8-28(26)34/h2-13,17-20H,1,14H2/b5-3-,23-4+. The third kappa shape index (κ3) is 3.65. The maximum atomic E-state index is 4.36. The topological polar surface area (TPSA) is 57.0 Å². The summed E-state index contributed by atoms with van der Waals surface area (Å²) in [6.07, 6.45) is 26.5. The van der Waals surface area contributed by atoms with Gasteiger partial charge in [0, 0.05) is 84.1 Å². The van der Waals surface area contributed by atoms with Crippen LogP contribution in [-0.4, -0.2) is 28.9 Å². The Kier molecular flexibility index (Phi) is 5.13. The van der Waals surface area contributed by atoms with E-state index in [9.17, 15) is 0 Å². The van der Waals surface area contributed by atoms with Crippen molar-refractivity contribution in [2.24, 2.45) is 9.98 Å². The average Bonchev–Trinajstić information content (AvgIpc) is 3.24. The third-order valence-electron chi connectivity index (χ3n) is 5.93. The Labute approximate surface area is 203 Å². The molecule has 0 spiro atoms. The van der Waals surface area contributed by atoms with Crippen LogP contribution < -0.4 is 9.80 Å². The molecule has 4 aliphatic heterocycles. The summed E-state index contributed by atoms with van der Waals surface area (Å²) in [5.41, 5.74) is 15.7. The summed E-state index contributed by atoms with van der Waals surface area (Å²) in [6.45, 7) is 4.59. The lowest BCUT2D eigenvalue weighted by molar-refractivity contribution is 1.02. The van der Waals surface area contributed by atoms with Crippen molar-refractivity contribution >= 4 is 35.0 Å². The summed E-state index contributed by atoms with van der Waals surface area (Å²) in [7, 11) is 0. The van der Waals surface area contributed by atoms with Gasteiger partial charge in [-0.1, -0.05) is 30.2 Å². The Bertz CT molecular complexity index is 1560. The van der Waals surface area contributed by atoms with Gasteiger partial charge in [0.25, 0.3) is 0 Å². The van der Waals surface area contributed by atoms with Gasteiger partial charge < -0.3 is 9.80 Å². The molecule has 6 heterocycles. The number of aliphatic imine (C=N–C) groups is 2. The molecule has 0 atom stereocenters. The summed E-state index contributed by atoms with van der Waals surface area (Å²) in [5.74, 6) is 0. The molecule has 166 valence electrons. The summed E-state index contributed by atoms with van der Waals surface area (Å²) in [6, 6.07) is 4.04. The summed E-state index contributed by atoms with van der Waals surface area (Å²) in [5, 5.41) is 0. The van der Waals surface area contributed by atoms with E-state index in [4.69, 9.17) is 0 Å². The van der Waals surface area contributed by atoms with Crippen LogP contribution in [0.1, 0.15) is 11.1 Å². The third-order valence-corrected chi connectivity index (χ3v) is 5.93. The van der Waals surface area contributed by atoms with E-state index in [-0.39, 0.29) is 0 Å². The maximum absolute atomic E-state index is 4.36. The van der Waals surface area contributed by atoms with Gasteiger partial charge in [-0.3, -0.25) is 20.0 Å². The van der Waals surface area contributed by atoms with Crippen molar-refractivity contribution in [2.75, 3.05) is 16.3 Å². The second kappa shape index (κ2) is 8.73. The number of allylic oxidation sites excluding steroid dienone is 5. The SMILES string of the molecule is C=C/C=C(\C=C/CN1C2=C=C(C=NC=C2)c2cnccc21)N1C2=C=C(C=NC=C2)c2cnccc21. The maximum Gasteiger partial charge on any atom is 0.0912 e. The number of hydrogen-bond acceptors (Lipinski definition) is 6. The Morgan fingerprint density at radius 1 is 0.886 bits per heavy atom. The number of aromatic nitrogens is 2. The minimum Gasteiger partial charge on any atom is -0.330 e. The second-order valence-electron chi connectivity index (χ2n) is 8.00. The van der Waals surface area contributed by atoms with E-state index in [0.29, 0.717) is 6.54 Å².